The van der Waals surface area contributed by atoms with E-state index in [0.29, 0.717) is 12.0 Å². The molecule has 0 radical (unpaired) electrons. The molecule has 0 aromatic heterocycles. The molecule has 1 aromatic carbocycles. The number of aromatic hydroxyl groups is 1. The van der Waals surface area contributed by atoms with Gasteiger partial charge in [-0.25, -0.2) is 0 Å². The molecule has 1 rings (SSSR count). The monoisotopic (exact) mass is 256 g/mol. The van der Waals surface area contributed by atoms with Crippen LogP contribution in [0.15, 0.2) is 18.2 Å². The zero-order chi connectivity index (χ0) is 10.7. The fourth-order valence-electron chi connectivity index (χ4n) is 1.39. The molecule has 76 valence electrons. The fraction of sp³-hybridized carbons (Fsp3) is 0.364. The molecule has 0 bridgehead atoms. The maximum Gasteiger partial charge on any atom is 0.176 e. The molecule has 0 amide bonds. The van der Waals surface area contributed by atoms with Gasteiger partial charge in [-0.05, 0) is 19.4 Å². The van der Waals surface area contributed by atoms with Crippen LogP contribution in [0.1, 0.15) is 29.8 Å². The minimum atomic E-state index is -0.213. The number of hydrogen-bond donors (Lipinski definition) is 1. The van der Waals surface area contributed by atoms with Crippen molar-refractivity contribution in [2.45, 2.75) is 25.1 Å². The molecule has 0 aliphatic carbocycles. The second-order valence-electron chi connectivity index (χ2n) is 3.14. The third-order valence-corrected chi connectivity index (χ3v) is 2.55. The number of rotatable bonds is 3. The van der Waals surface area contributed by atoms with Crippen LogP contribution >= 0.6 is 15.9 Å². The van der Waals surface area contributed by atoms with E-state index in [1.807, 2.05) is 6.92 Å². The van der Waals surface area contributed by atoms with Crippen molar-refractivity contribution in [3.63, 3.8) is 0 Å². The van der Waals surface area contributed by atoms with Gasteiger partial charge in [0.15, 0.2) is 5.78 Å². The fourth-order valence-corrected chi connectivity index (χ4v) is 1.64. The number of hydrogen-bond acceptors (Lipinski definition) is 2. The van der Waals surface area contributed by atoms with Crippen LogP contribution in [0.25, 0.3) is 0 Å². The summed E-state index contributed by atoms with van der Waals surface area (Å²) in [4.78, 5) is 11.5. The van der Waals surface area contributed by atoms with Crippen molar-refractivity contribution in [3.8, 4) is 5.75 Å². The van der Waals surface area contributed by atoms with Gasteiger partial charge in [-0.3, -0.25) is 4.79 Å². The molecule has 1 atom stereocenters. The van der Waals surface area contributed by atoms with Gasteiger partial charge in [0, 0.05) is 11.1 Å². The summed E-state index contributed by atoms with van der Waals surface area (Å²) in [6, 6.07) is 5.05. The van der Waals surface area contributed by atoms with E-state index >= 15 is 0 Å². The van der Waals surface area contributed by atoms with Crippen molar-refractivity contribution in [2.75, 3.05) is 0 Å². The van der Waals surface area contributed by atoms with Gasteiger partial charge in [-0.1, -0.05) is 35.0 Å². The van der Waals surface area contributed by atoms with Gasteiger partial charge >= 0.3 is 0 Å². The van der Waals surface area contributed by atoms with Gasteiger partial charge in [-0.2, -0.15) is 0 Å². The van der Waals surface area contributed by atoms with Crippen molar-refractivity contribution in [2.24, 2.45) is 0 Å². The number of Topliss-reactive ketones (excluding diaryl/α,β-unsaturated/α-hetero) is 1. The lowest BCUT2D eigenvalue weighted by atomic mass is 9.99. The Labute approximate surface area is 92.1 Å². The first-order valence-electron chi connectivity index (χ1n) is 4.57. The number of alkyl halides is 1. The van der Waals surface area contributed by atoms with Gasteiger partial charge in [0.05, 0.1) is 4.83 Å². The van der Waals surface area contributed by atoms with Gasteiger partial charge < -0.3 is 5.11 Å². The maximum atomic E-state index is 11.7. The first-order valence-corrected chi connectivity index (χ1v) is 5.48. The summed E-state index contributed by atoms with van der Waals surface area (Å²) in [7, 11) is 0. The molecule has 0 spiro atoms. The zero-order valence-corrected chi connectivity index (χ0v) is 9.84. The second kappa shape index (κ2) is 4.60. The summed E-state index contributed by atoms with van der Waals surface area (Å²) in [6.07, 6.45) is 0.660. The molecule has 0 saturated carbocycles. The molecule has 3 heteroatoms. The van der Waals surface area contributed by atoms with E-state index in [1.54, 1.807) is 25.1 Å². The zero-order valence-electron chi connectivity index (χ0n) is 8.25. The Morgan fingerprint density at radius 1 is 1.57 bits per heavy atom. The maximum absolute atomic E-state index is 11.7. The van der Waals surface area contributed by atoms with Crippen molar-refractivity contribution < 1.29 is 9.90 Å². The molecule has 0 aliphatic heterocycles. The van der Waals surface area contributed by atoms with Crippen LogP contribution in [0, 0.1) is 0 Å². The largest absolute Gasteiger partial charge is 0.508 e. The second-order valence-corrected chi connectivity index (χ2v) is 4.51. The minimum absolute atomic E-state index is 0.0118. The summed E-state index contributed by atoms with van der Waals surface area (Å²) in [5, 5.41) is 9.55. The molecule has 0 saturated heterocycles. The van der Waals surface area contributed by atoms with Crippen LogP contribution in [0.4, 0.5) is 0 Å². The normalized spacial score (nSPS) is 12.5. The van der Waals surface area contributed by atoms with E-state index in [2.05, 4.69) is 15.9 Å². The Hall–Kier alpha value is -0.830. The SMILES string of the molecule is CCc1c(O)cccc1C(=O)C(C)Br. The molecule has 2 nitrogen and oxygen atoms in total. The predicted octanol–water partition coefficient (Wildman–Crippen LogP) is 2.92. The van der Waals surface area contributed by atoms with Crippen LogP contribution in [-0.4, -0.2) is 15.7 Å². The third-order valence-electron chi connectivity index (χ3n) is 2.13. The van der Waals surface area contributed by atoms with Gasteiger partial charge in [0.2, 0.25) is 0 Å². The summed E-state index contributed by atoms with van der Waals surface area (Å²) >= 11 is 3.23. The predicted molar refractivity (Wildman–Crippen MR) is 60.2 cm³/mol. The molecule has 1 unspecified atom stereocenters. The first kappa shape index (κ1) is 11.2. The van der Waals surface area contributed by atoms with Gasteiger partial charge in [-0.15, -0.1) is 0 Å². The Morgan fingerprint density at radius 3 is 2.71 bits per heavy atom. The topological polar surface area (TPSA) is 37.3 Å². The number of phenolic OH excluding ortho intramolecular Hbond substituents is 1. The Bertz CT molecular complexity index is 345. The Kier molecular flexibility index (Phi) is 3.69. The van der Waals surface area contributed by atoms with E-state index in [9.17, 15) is 9.90 Å². The number of carbonyl (C=O) groups excluding carboxylic acids is 1. The van der Waals surface area contributed by atoms with Crippen molar-refractivity contribution in [1.29, 1.82) is 0 Å². The summed E-state index contributed by atoms with van der Waals surface area (Å²) in [6.45, 7) is 3.70. The molecule has 14 heavy (non-hydrogen) atoms. The summed E-state index contributed by atoms with van der Waals surface area (Å²) < 4.78 is 0. The van der Waals surface area contributed by atoms with Crippen molar-refractivity contribution >= 4 is 21.7 Å². The average Bonchev–Trinajstić information content (AvgIpc) is 2.16. The Balaban J connectivity index is 3.20. The van der Waals surface area contributed by atoms with E-state index in [-0.39, 0.29) is 16.4 Å². The standard InChI is InChI=1S/C11H13BrO2/c1-3-8-9(11(14)7(2)12)5-4-6-10(8)13/h4-7,13H,3H2,1-2H3. The van der Waals surface area contributed by atoms with Gasteiger partial charge in [0.1, 0.15) is 5.75 Å². The molecular formula is C11H13BrO2. The van der Waals surface area contributed by atoms with E-state index < -0.39 is 0 Å². The smallest absolute Gasteiger partial charge is 0.176 e. The first-order chi connectivity index (χ1) is 6.57. The third kappa shape index (κ3) is 2.15. The Morgan fingerprint density at radius 2 is 2.21 bits per heavy atom. The summed E-state index contributed by atoms with van der Waals surface area (Å²) in [5.41, 5.74) is 1.33. The molecule has 1 aromatic rings. The quantitative estimate of drug-likeness (QED) is 0.667. The van der Waals surface area contributed by atoms with Crippen molar-refractivity contribution in [1.82, 2.24) is 0 Å². The highest BCUT2D eigenvalue weighted by Crippen LogP contribution is 2.23. The number of halogens is 1. The molecular weight excluding hydrogens is 244 g/mol. The highest BCUT2D eigenvalue weighted by Gasteiger charge is 2.16. The van der Waals surface area contributed by atoms with Crippen LogP contribution in [0.5, 0.6) is 5.75 Å². The van der Waals surface area contributed by atoms with Crippen LogP contribution < -0.4 is 0 Å². The summed E-state index contributed by atoms with van der Waals surface area (Å²) in [5.74, 6) is 0.212. The number of benzene rings is 1. The van der Waals surface area contributed by atoms with Crippen LogP contribution in [-0.2, 0) is 6.42 Å². The lowest BCUT2D eigenvalue weighted by Crippen LogP contribution is -2.12. The minimum Gasteiger partial charge on any atom is -0.508 e. The van der Waals surface area contributed by atoms with Crippen molar-refractivity contribution in [3.05, 3.63) is 29.3 Å². The molecule has 0 aliphatic rings. The number of carbonyl (C=O) groups is 1. The van der Waals surface area contributed by atoms with Crippen LogP contribution in [0.2, 0.25) is 0 Å². The van der Waals surface area contributed by atoms with E-state index in [1.165, 1.54) is 0 Å². The number of ketones is 1. The number of phenols is 1. The van der Waals surface area contributed by atoms with Gasteiger partial charge in [0.25, 0.3) is 0 Å². The molecule has 0 heterocycles. The lowest BCUT2D eigenvalue weighted by Gasteiger charge is -2.09. The molecule has 0 fully saturated rings. The van der Waals surface area contributed by atoms with Crippen LogP contribution in [0.3, 0.4) is 0 Å². The molecule has 1 N–H and O–H groups in total. The van der Waals surface area contributed by atoms with E-state index in [0.717, 1.165) is 5.56 Å². The average molecular weight is 257 g/mol. The highest BCUT2D eigenvalue weighted by molar-refractivity contribution is 9.10. The highest BCUT2D eigenvalue weighted by atomic mass is 79.9. The lowest BCUT2D eigenvalue weighted by molar-refractivity contribution is 0.0994. The van der Waals surface area contributed by atoms with E-state index in [4.69, 9.17) is 0 Å².